The van der Waals surface area contributed by atoms with Gasteiger partial charge in [-0.1, -0.05) is 47.5 Å². The lowest BCUT2D eigenvalue weighted by molar-refractivity contribution is 0.780. The van der Waals surface area contributed by atoms with Crippen molar-refractivity contribution < 1.29 is 0 Å². The summed E-state index contributed by atoms with van der Waals surface area (Å²) in [7, 11) is 1.91. The van der Waals surface area contributed by atoms with Gasteiger partial charge in [-0.3, -0.25) is 4.68 Å². The van der Waals surface area contributed by atoms with Gasteiger partial charge in [0.25, 0.3) is 0 Å². The molecule has 5 heteroatoms. The molecule has 0 atom stereocenters. The highest BCUT2D eigenvalue weighted by Crippen LogP contribution is 2.34. The minimum absolute atomic E-state index is 0. The Hall–Kier alpha value is -1.22. The lowest BCUT2D eigenvalue weighted by Gasteiger charge is -2.05. The number of halogens is 3. The van der Waals surface area contributed by atoms with Crippen LogP contribution in [0.2, 0.25) is 10.0 Å². The molecule has 3 aromatic rings. The number of rotatable bonds is 1. The van der Waals surface area contributed by atoms with E-state index in [2.05, 4.69) is 5.10 Å². The van der Waals surface area contributed by atoms with E-state index in [-0.39, 0.29) is 12.4 Å². The molecule has 0 spiro atoms. The van der Waals surface area contributed by atoms with Crippen LogP contribution < -0.4 is 0 Å². The van der Waals surface area contributed by atoms with E-state index in [9.17, 15) is 0 Å². The molecule has 0 N–H and O–H groups in total. The second-order valence-corrected chi connectivity index (χ2v) is 5.01. The number of benzene rings is 2. The van der Waals surface area contributed by atoms with Crippen molar-refractivity contribution in [3.05, 3.63) is 52.6 Å². The van der Waals surface area contributed by atoms with Crippen molar-refractivity contribution in [2.75, 3.05) is 0 Å². The van der Waals surface area contributed by atoms with Crippen LogP contribution in [0.25, 0.3) is 22.0 Å². The first kappa shape index (κ1) is 14.2. The third kappa shape index (κ3) is 2.57. The van der Waals surface area contributed by atoms with E-state index in [1.165, 1.54) is 0 Å². The number of nitrogens with zero attached hydrogens (tertiary/aromatic N) is 2. The van der Waals surface area contributed by atoms with Crippen LogP contribution in [-0.2, 0) is 7.05 Å². The summed E-state index contributed by atoms with van der Waals surface area (Å²) in [5, 5.41) is 6.85. The summed E-state index contributed by atoms with van der Waals surface area (Å²) in [5.41, 5.74) is 2.92. The predicted octanol–water partition coefficient (Wildman–Crippen LogP) is 4.97. The molecule has 0 radical (unpaired) electrons. The fourth-order valence-electron chi connectivity index (χ4n) is 2.09. The van der Waals surface area contributed by atoms with Crippen LogP contribution in [0.4, 0.5) is 0 Å². The zero-order chi connectivity index (χ0) is 12.7. The van der Waals surface area contributed by atoms with Gasteiger partial charge in [-0.15, -0.1) is 12.4 Å². The number of fused-ring (bicyclic) bond motifs is 1. The third-order valence-electron chi connectivity index (χ3n) is 2.87. The Balaban J connectivity index is 0.00000133. The molecule has 0 aliphatic carbocycles. The van der Waals surface area contributed by atoms with Gasteiger partial charge in [0.05, 0.1) is 0 Å². The summed E-state index contributed by atoms with van der Waals surface area (Å²) < 4.78 is 1.80. The fourth-order valence-corrected chi connectivity index (χ4v) is 2.60. The topological polar surface area (TPSA) is 17.8 Å². The molecule has 1 heterocycles. The van der Waals surface area contributed by atoms with E-state index < -0.39 is 0 Å². The summed E-state index contributed by atoms with van der Waals surface area (Å²) in [5.74, 6) is 0. The maximum atomic E-state index is 6.25. The second kappa shape index (κ2) is 5.41. The molecule has 0 fully saturated rings. The van der Waals surface area contributed by atoms with Gasteiger partial charge in [-0.25, -0.2) is 0 Å². The van der Waals surface area contributed by atoms with Gasteiger partial charge < -0.3 is 0 Å². The molecule has 0 unspecified atom stereocenters. The quantitative estimate of drug-likeness (QED) is 0.620. The van der Waals surface area contributed by atoms with E-state index in [1.54, 1.807) is 10.7 Å². The van der Waals surface area contributed by atoms with Crippen molar-refractivity contribution in [1.82, 2.24) is 9.78 Å². The van der Waals surface area contributed by atoms with Crippen molar-refractivity contribution in [3.63, 3.8) is 0 Å². The molecule has 0 bridgehead atoms. The molecule has 3 rings (SSSR count). The molecule has 98 valence electrons. The van der Waals surface area contributed by atoms with Crippen LogP contribution in [0.15, 0.2) is 42.6 Å². The van der Waals surface area contributed by atoms with E-state index in [1.807, 2.05) is 43.6 Å². The number of aryl methyl sites for hydroxylation is 1. The summed E-state index contributed by atoms with van der Waals surface area (Å²) in [6.45, 7) is 0. The Morgan fingerprint density at radius 1 is 1.05 bits per heavy atom. The highest BCUT2D eigenvalue weighted by molar-refractivity contribution is 6.36. The molecule has 2 nitrogen and oxygen atoms in total. The molecule has 1 aromatic heterocycles. The van der Waals surface area contributed by atoms with Crippen molar-refractivity contribution in [2.45, 2.75) is 0 Å². The molecule has 0 amide bonds. The van der Waals surface area contributed by atoms with Crippen LogP contribution in [-0.4, -0.2) is 9.78 Å². The first-order chi connectivity index (χ1) is 8.65. The average molecular weight is 314 g/mol. The summed E-state index contributed by atoms with van der Waals surface area (Å²) in [4.78, 5) is 0. The maximum absolute atomic E-state index is 6.25. The molecule has 0 aliphatic heterocycles. The Morgan fingerprint density at radius 3 is 2.58 bits per heavy atom. The second-order valence-electron chi connectivity index (χ2n) is 4.17. The van der Waals surface area contributed by atoms with Gasteiger partial charge in [-0.2, -0.15) is 5.10 Å². The molecule has 2 aromatic carbocycles. The van der Waals surface area contributed by atoms with E-state index >= 15 is 0 Å². The highest BCUT2D eigenvalue weighted by Gasteiger charge is 2.10. The highest BCUT2D eigenvalue weighted by atomic mass is 35.5. The van der Waals surface area contributed by atoms with Crippen molar-refractivity contribution >= 4 is 46.5 Å². The maximum Gasteiger partial charge on any atom is 0.100 e. The van der Waals surface area contributed by atoms with E-state index in [0.29, 0.717) is 10.0 Å². The molecule has 0 aliphatic rings. The van der Waals surface area contributed by atoms with Crippen molar-refractivity contribution in [2.24, 2.45) is 7.05 Å². The Bertz CT molecular complexity index is 735. The molecule has 0 saturated heterocycles. The molecular weight excluding hydrogens is 303 g/mol. The zero-order valence-corrected chi connectivity index (χ0v) is 12.4. The largest absolute Gasteiger partial charge is 0.275 e. The van der Waals surface area contributed by atoms with Gasteiger partial charge in [0.1, 0.15) is 5.52 Å². The van der Waals surface area contributed by atoms with Gasteiger partial charge in [0.15, 0.2) is 0 Å². The van der Waals surface area contributed by atoms with E-state index in [4.69, 9.17) is 23.2 Å². The number of hydrogen-bond donors (Lipinski definition) is 0. The Labute approximate surface area is 127 Å². The summed E-state index contributed by atoms with van der Waals surface area (Å²) >= 11 is 12.2. The molecular formula is C14H11Cl3N2. The molecule has 19 heavy (non-hydrogen) atoms. The fraction of sp³-hybridized carbons (Fsp3) is 0.0714. The van der Waals surface area contributed by atoms with Gasteiger partial charge in [0.2, 0.25) is 0 Å². The predicted molar refractivity (Wildman–Crippen MR) is 83.4 cm³/mol. The Morgan fingerprint density at radius 2 is 1.84 bits per heavy atom. The average Bonchev–Trinajstić information content (AvgIpc) is 2.69. The SMILES string of the molecule is Cl.Cn1cc2cccc(-c3ccc(Cl)cc3Cl)c2n1. The summed E-state index contributed by atoms with van der Waals surface area (Å²) in [6.07, 6.45) is 1.99. The van der Waals surface area contributed by atoms with Crippen LogP contribution in [0.3, 0.4) is 0 Å². The lowest BCUT2D eigenvalue weighted by Crippen LogP contribution is -1.87. The lowest BCUT2D eigenvalue weighted by atomic mass is 10.0. The smallest absolute Gasteiger partial charge is 0.100 e. The first-order valence-corrected chi connectivity index (χ1v) is 6.28. The first-order valence-electron chi connectivity index (χ1n) is 5.53. The summed E-state index contributed by atoms with van der Waals surface area (Å²) in [6, 6.07) is 11.6. The Kier molecular flexibility index (Phi) is 4.04. The van der Waals surface area contributed by atoms with Crippen molar-refractivity contribution in [3.8, 4) is 11.1 Å². The van der Waals surface area contributed by atoms with Crippen LogP contribution in [0.1, 0.15) is 0 Å². The van der Waals surface area contributed by atoms with Crippen LogP contribution >= 0.6 is 35.6 Å². The van der Waals surface area contributed by atoms with E-state index in [0.717, 1.165) is 22.0 Å². The number of aromatic nitrogens is 2. The zero-order valence-electron chi connectivity index (χ0n) is 10.1. The van der Waals surface area contributed by atoms with Gasteiger partial charge >= 0.3 is 0 Å². The minimum atomic E-state index is 0. The van der Waals surface area contributed by atoms with Crippen LogP contribution in [0, 0.1) is 0 Å². The molecule has 0 saturated carbocycles. The van der Waals surface area contributed by atoms with Crippen molar-refractivity contribution in [1.29, 1.82) is 0 Å². The van der Waals surface area contributed by atoms with Gasteiger partial charge in [-0.05, 0) is 12.1 Å². The van der Waals surface area contributed by atoms with Gasteiger partial charge in [0, 0.05) is 39.8 Å². The standard InChI is InChI=1S/C14H10Cl2N2.ClH/c1-18-8-9-3-2-4-12(14(9)17-18)11-6-5-10(15)7-13(11)16;/h2-8H,1H3;1H. The normalized spacial score (nSPS) is 10.5. The monoisotopic (exact) mass is 312 g/mol. The minimum Gasteiger partial charge on any atom is -0.275 e. The third-order valence-corrected chi connectivity index (χ3v) is 3.42. The van der Waals surface area contributed by atoms with Crippen LogP contribution in [0.5, 0.6) is 0 Å². The number of hydrogen-bond acceptors (Lipinski definition) is 1.